The van der Waals surface area contributed by atoms with E-state index in [0.29, 0.717) is 0 Å². The SMILES string of the molecule is CC(=O)NCCC(O)C(O)c1cnc(C(=O)O)c(Cl)c1. The summed E-state index contributed by atoms with van der Waals surface area (Å²) in [5, 5.41) is 30.8. The minimum absolute atomic E-state index is 0.122. The van der Waals surface area contributed by atoms with E-state index in [1.807, 2.05) is 0 Å². The van der Waals surface area contributed by atoms with Crippen molar-refractivity contribution >= 4 is 23.5 Å². The first-order valence-corrected chi connectivity index (χ1v) is 6.20. The molecule has 0 aromatic carbocycles. The van der Waals surface area contributed by atoms with E-state index in [2.05, 4.69) is 10.3 Å². The molecule has 1 heterocycles. The number of aliphatic hydroxyl groups is 2. The number of aromatic carboxylic acids is 1. The number of carbonyl (C=O) groups is 2. The van der Waals surface area contributed by atoms with Crippen molar-refractivity contribution < 1.29 is 24.9 Å². The van der Waals surface area contributed by atoms with Gasteiger partial charge in [0.25, 0.3) is 0 Å². The van der Waals surface area contributed by atoms with Crippen LogP contribution in [-0.4, -0.2) is 44.8 Å². The second-order valence-electron chi connectivity index (χ2n) is 4.19. The number of carbonyl (C=O) groups excluding carboxylic acids is 1. The van der Waals surface area contributed by atoms with Crippen LogP contribution in [-0.2, 0) is 4.79 Å². The van der Waals surface area contributed by atoms with Crippen molar-refractivity contribution in [1.29, 1.82) is 0 Å². The fourth-order valence-corrected chi connectivity index (χ4v) is 1.80. The second kappa shape index (κ2) is 7.18. The van der Waals surface area contributed by atoms with Crippen LogP contribution in [0.5, 0.6) is 0 Å². The first-order chi connectivity index (χ1) is 9.32. The maximum absolute atomic E-state index is 10.7. The zero-order chi connectivity index (χ0) is 15.3. The van der Waals surface area contributed by atoms with Gasteiger partial charge in [0, 0.05) is 25.2 Å². The molecule has 2 unspecified atom stereocenters. The first kappa shape index (κ1) is 16.4. The van der Waals surface area contributed by atoms with Crippen molar-refractivity contribution in [3.05, 3.63) is 28.5 Å². The number of nitrogens with zero attached hydrogens (tertiary/aromatic N) is 1. The van der Waals surface area contributed by atoms with Crippen LogP contribution in [0.25, 0.3) is 0 Å². The van der Waals surface area contributed by atoms with Crippen molar-refractivity contribution in [2.45, 2.75) is 25.6 Å². The van der Waals surface area contributed by atoms with Gasteiger partial charge in [0.2, 0.25) is 5.91 Å². The summed E-state index contributed by atoms with van der Waals surface area (Å²) in [7, 11) is 0. The maximum atomic E-state index is 10.7. The molecule has 0 saturated carbocycles. The third-order valence-electron chi connectivity index (χ3n) is 2.58. The molecule has 0 bridgehead atoms. The van der Waals surface area contributed by atoms with Gasteiger partial charge < -0.3 is 20.6 Å². The van der Waals surface area contributed by atoms with Crippen LogP contribution in [0, 0.1) is 0 Å². The molecule has 8 heteroatoms. The third kappa shape index (κ3) is 4.44. The van der Waals surface area contributed by atoms with Gasteiger partial charge in [0.1, 0.15) is 6.10 Å². The molecule has 1 aromatic heterocycles. The summed E-state index contributed by atoms with van der Waals surface area (Å²) in [5.41, 5.74) is -0.120. The lowest BCUT2D eigenvalue weighted by atomic mass is 10.0. The maximum Gasteiger partial charge on any atom is 0.356 e. The number of amides is 1. The topological polar surface area (TPSA) is 120 Å². The minimum atomic E-state index is -1.28. The summed E-state index contributed by atoms with van der Waals surface area (Å²) < 4.78 is 0. The third-order valence-corrected chi connectivity index (χ3v) is 2.87. The first-order valence-electron chi connectivity index (χ1n) is 5.82. The minimum Gasteiger partial charge on any atom is -0.476 e. The van der Waals surface area contributed by atoms with Crippen molar-refractivity contribution in [2.75, 3.05) is 6.54 Å². The number of hydrogen-bond acceptors (Lipinski definition) is 5. The van der Waals surface area contributed by atoms with Crippen molar-refractivity contribution in [3.63, 3.8) is 0 Å². The Morgan fingerprint density at radius 3 is 2.60 bits per heavy atom. The molecule has 1 amide bonds. The number of hydrogen-bond donors (Lipinski definition) is 4. The largest absolute Gasteiger partial charge is 0.476 e. The van der Waals surface area contributed by atoms with Gasteiger partial charge in [-0.15, -0.1) is 0 Å². The Morgan fingerprint density at radius 1 is 1.45 bits per heavy atom. The molecule has 0 aliphatic heterocycles. The molecule has 0 aliphatic carbocycles. The highest BCUT2D eigenvalue weighted by molar-refractivity contribution is 6.33. The van der Waals surface area contributed by atoms with Crippen LogP contribution in [0.2, 0.25) is 5.02 Å². The molecule has 1 aromatic rings. The summed E-state index contributed by atoms with van der Waals surface area (Å²) in [6.45, 7) is 1.55. The Hall–Kier alpha value is -1.70. The van der Waals surface area contributed by atoms with Crippen LogP contribution in [0.1, 0.15) is 35.5 Å². The summed E-state index contributed by atoms with van der Waals surface area (Å²) in [6, 6.07) is 1.24. The standard InChI is InChI=1S/C12H15ClN2O5/c1-6(16)14-3-2-9(17)11(18)7-4-8(13)10(12(19)20)15-5-7/h4-5,9,11,17-18H,2-3H2,1H3,(H,14,16)(H,19,20). The van der Waals surface area contributed by atoms with E-state index < -0.39 is 18.2 Å². The van der Waals surface area contributed by atoms with E-state index in [1.54, 1.807) is 0 Å². The highest BCUT2D eigenvalue weighted by atomic mass is 35.5. The van der Waals surface area contributed by atoms with Crippen molar-refractivity contribution in [2.24, 2.45) is 0 Å². The quantitative estimate of drug-likeness (QED) is 0.602. The molecule has 4 N–H and O–H groups in total. The van der Waals surface area contributed by atoms with Gasteiger partial charge in [0.05, 0.1) is 11.1 Å². The zero-order valence-electron chi connectivity index (χ0n) is 10.7. The number of pyridine rings is 1. The van der Waals surface area contributed by atoms with Gasteiger partial charge in [-0.3, -0.25) is 4.79 Å². The van der Waals surface area contributed by atoms with E-state index in [1.165, 1.54) is 13.0 Å². The van der Waals surface area contributed by atoms with Gasteiger partial charge >= 0.3 is 5.97 Å². The Balaban J connectivity index is 2.71. The predicted molar refractivity (Wildman–Crippen MR) is 70.5 cm³/mol. The zero-order valence-corrected chi connectivity index (χ0v) is 11.5. The molecule has 1 rings (SSSR count). The van der Waals surface area contributed by atoms with Gasteiger partial charge in [-0.1, -0.05) is 11.6 Å². The number of nitrogens with one attached hydrogen (secondary N) is 1. The van der Waals surface area contributed by atoms with E-state index >= 15 is 0 Å². The number of aromatic nitrogens is 1. The highest BCUT2D eigenvalue weighted by Gasteiger charge is 2.21. The number of carboxylic acids is 1. The second-order valence-corrected chi connectivity index (χ2v) is 4.60. The summed E-state index contributed by atoms with van der Waals surface area (Å²) >= 11 is 5.73. The Labute approximate surface area is 120 Å². The Kier molecular flexibility index (Phi) is 5.87. The van der Waals surface area contributed by atoms with Crippen LogP contribution >= 0.6 is 11.6 Å². The normalized spacial score (nSPS) is 13.6. The van der Waals surface area contributed by atoms with Gasteiger partial charge in [0.15, 0.2) is 5.69 Å². The number of carboxylic acid groups (broad SMARTS) is 1. The van der Waals surface area contributed by atoms with Crippen molar-refractivity contribution in [3.8, 4) is 0 Å². The lowest BCUT2D eigenvalue weighted by molar-refractivity contribution is -0.119. The number of aliphatic hydroxyl groups excluding tert-OH is 2. The fourth-order valence-electron chi connectivity index (χ4n) is 1.55. The summed E-state index contributed by atoms with van der Waals surface area (Å²) in [4.78, 5) is 25.0. The van der Waals surface area contributed by atoms with E-state index in [9.17, 15) is 19.8 Å². The molecule has 2 atom stereocenters. The van der Waals surface area contributed by atoms with E-state index in [4.69, 9.17) is 16.7 Å². The molecule has 0 aliphatic rings. The average molecular weight is 303 g/mol. The molecule has 7 nitrogen and oxygen atoms in total. The van der Waals surface area contributed by atoms with Gasteiger partial charge in [-0.25, -0.2) is 9.78 Å². The molecule has 0 radical (unpaired) electrons. The molecule has 0 saturated heterocycles. The highest BCUT2D eigenvalue weighted by Crippen LogP contribution is 2.23. The molecular weight excluding hydrogens is 288 g/mol. The van der Waals surface area contributed by atoms with E-state index in [0.717, 1.165) is 6.20 Å². The predicted octanol–water partition coefficient (Wildman–Crippen LogP) is 0.354. The van der Waals surface area contributed by atoms with Gasteiger partial charge in [-0.05, 0) is 12.5 Å². The van der Waals surface area contributed by atoms with Crippen LogP contribution in [0.15, 0.2) is 12.3 Å². The average Bonchev–Trinajstić information content (AvgIpc) is 2.36. The monoisotopic (exact) mass is 302 g/mol. The van der Waals surface area contributed by atoms with Crippen LogP contribution in [0.3, 0.4) is 0 Å². The summed E-state index contributed by atoms with van der Waals surface area (Å²) in [6.07, 6.45) is -1.12. The van der Waals surface area contributed by atoms with Crippen molar-refractivity contribution in [1.82, 2.24) is 10.3 Å². The molecule has 20 heavy (non-hydrogen) atoms. The van der Waals surface area contributed by atoms with E-state index in [-0.39, 0.29) is 35.2 Å². The molecular formula is C12H15ClN2O5. The van der Waals surface area contributed by atoms with Crippen LogP contribution in [0.4, 0.5) is 0 Å². The lowest BCUT2D eigenvalue weighted by Crippen LogP contribution is -2.27. The molecule has 0 spiro atoms. The van der Waals surface area contributed by atoms with Crippen LogP contribution < -0.4 is 5.32 Å². The van der Waals surface area contributed by atoms with Gasteiger partial charge in [-0.2, -0.15) is 0 Å². The molecule has 0 fully saturated rings. The summed E-state index contributed by atoms with van der Waals surface area (Å²) in [5.74, 6) is -1.51. The lowest BCUT2D eigenvalue weighted by Gasteiger charge is -2.18. The molecule has 110 valence electrons. The Morgan fingerprint density at radius 2 is 2.10 bits per heavy atom. The number of halogens is 1. The smallest absolute Gasteiger partial charge is 0.356 e. The Bertz CT molecular complexity index is 509. The fraction of sp³-hybridized carbons (Fsp3) is 0.417. The number of rotatable bonds is 6.